The summed E-state index contributed by atoms with van der Waals surface area (Å²) in [4.78, 5) is 7.06. The van der Waals surface area contributed by atoms with Gasteiger partial charge in [0.1, 0.15) is 5.58 Å². The van der Waals surface area contributed by atoms with Gasteiger partial charge < -0.3 is 9.32 Å². The maximum atomic E-state index is 6.57. The second-order valence-electron chi connectivity index (χ2n) is 12.4. The molecule has 0 saturated carbocycles. The fraction of sp³-hybridized carbons (Fsp3) is 0.0714. The summed E-state index contributed by atoms with van der Waals surface area (Å²) in [6.45, 7) is 4.66. The van der Waals surface area contributed by atoms with E-state index in [1.807, 2.05) is 12.4 Å². The van der Waals surface area contributed by atoms with Crippen LogP contribution in [0.4, 0.5) is 17.1 Å². The molecule has 0 spiro atoms. The molecule has 0 N–H and O–H groups in total. The molecule has 45 heavy (non-hydrogen) atoms. The summed E-state index contributed by atoms with van der Waals surface area (Å²) in [5.41, 5.74) is 12.4. The van der Waals surface area contributed by atoms with Crippen molar-refractivity contribution in [1.82, 2.24) is 4.98 Å². The molecule has 0 atom stereocenters. The Bertz CT molecular complexity index is 2400. The smallest absolute Gasteiger partial charge is 0.155 e. The average molecular weight is 579 g/mol. The highest BCUT2D eigenvalue weighted by molar-refractivity contribution is 6.19. The maximum Gasteiger partial charge on any atom is 0.155 e. The van der Waals surface area contributed by atoms with E-state index in [0.717, 1.165) is 49.8 Å². The van der Waals surface area contributed by atoms with Crippen molar-refractivity contribution in [3.8, 4) is 22.3 Å². The molecule has 1 aliphatic carbocycles. The zero-order chi connectivity index (χ0) is 30.1. The van der Waals surface area contributed by atoms with Crippen LogP contribution >= 0.6 is 0 Å². The van der Waals surface area contributed by atoms with Gasteiger partial charge in [0.25, 0.3) is 0 Å². The maximum absolute atomic E-state index is 6.57. The fourth-order valence-electron chi connectivity index (χ4n) is 7.30. The number of nitrogens with zero attached hydrogens (tertiary/aromatic N) is 2. The third kappa shape index (κ3) is 3.87. The minimum atomic E-state index is -0.115. The van der Waals surface area contributed by atoms with Gasteiger partial charge in [0, 0.05) is 27.6 Å². The first kappa shape index (κ1) is 25.8. The first-order chi connectivity index (χ1) is 22.1. The average Bonchev–Trinajstić information content (AvgIpc) is 3.59. The lowest BCUT2D eigenvalue weighted by molar-refractivity contribution is 0.660. The summed E-state index contributed by atoms with van der Waals surface area (Å²) >= 11 is 0. The molecule has 0 saturated heterocycles. The zero-order valence-electron chi connectivity index (χ0n) is 25.2. The standard InChI is InChI=1S/C42H30N2O/c1-42(2)36-15-9-8-14-33(36)34-23-21-31(24-37(34)42)44(30-19-16-28(17-20-30)27-10-4-3-5-11-27)38-25-43-26-39-40(38)35-22-18-29-12-6-7-13-32(29)41(35)45-39/h3-26H,1-2H3. The Morgan fingerprint density at radius 2 is 1.29 bits per heavy atom. The van der Waals surface area contributed by atoms with E-state index in [4.69, 9.17) is 9.40 Å². The Balaban J connectivity index is 1.29. The number of pyridine rings is 1. The molecule has 0 fully saturated rings. The molecule has 6 aromatic carbocycles. The number of hydrogen-bond acceptors (Lipinski definition) is 3. The van der Waals surface area contributed by atoms with E-state index in [1.165, 1.54) is 33.4 Å². The lowest BCUT2D eigenvalue weighted by Gasteiger charge is -2.28. The predicted molar refractivity (Wildman–Crippen MR) is 187 cm³/mol. The summed E-state index contributed by atoms with van der Waals surface area (Å²) in [6.07, 6.45) is 3.82. The molecule has 214 valence electrons. The Morgan fingerprint density at radius 3 is 2.16 bits per heavy atom. The molecule has 0 unspecified atom stereocenters. The quantitative estimate of drug-likeness (QED) is 0.208. The third-order valence-electron chi connectivity index (χ3n) is 9.55. The fourth-order valence-corrected chi connectivity index (χ4v) is 7.30. The van der Waals surface area contributed by atoms with Crippen LogP contribution in [0.15, 0.2) is 150 Å². The lowest BCUT2D eigenvalue weighted by atomic mass is 9.82. The van der Waals surface area contributed by atoms with Crippen molar-refractivity contribution >= 4 is 49.8 Å². The van der Waals surface area contributed by atoms with Gasteiger partial charge in [0.2, 0.25) is 0 Å². The van der Waals surface area contributed by atoms with Crippen LogP contribution in [-0.4, -0.2) is 4.98 Å². The van der Waals surface area contributed by atoms with Crippen molar-refractivity contribution in [3.05, 3.63) is 157 Å². The van der Waals surface area contributed by atoms with Gasteiger partial charge in [-0.25, -0.2) is 0 Å². The Labute approximate surface area is 262 Å². The van der Waals surface area contributed by atoms with Gasteiger partial charge in [-0.05, 0) is 69.1 Å². The van der Waals surface area contributed by atoms with Crippen LogP contribution in [0, 0.1) is 0 Å². The van der Waals surface area contributed by atoms with Crippen LogP contribution in [0.25, 0.3) is 55.0 Å². The number of aromatic nitrogens is 1. The van der Waals surface area contributed by atoms with E-state index in [0.29, 0.717) is 0 Å². The third-order valence-corrected chi connectivity index (χ3v) is 9.55. The van der Waals surface area contributed by atoms with Crippen molar-refractivity contribution in [2.24, 2.45) is 0 Å². The highest BCUT2D eigenvalue weighted by atomic mass is 16.3. The van der Waals surface area contributed by atoms with Crippen LogP contribution in [0.3, 0.4) is 0 Å². The Hall–Kier alpha value is -5.67. The summed E-state index contributed by atoms with van der Waals surface area (Å²) in [5.74, 6) is 0. The molecule has 2 aromatic heterocycles. The second kappa shape index (κ2) is 9.67. The molecule has 0 radical (unpaired) electrons. The minimum absolute atomic E-state index is 0.115. The number of furan rings is 1. The van der Waals surface area contributed by atoms with Crippen LogP contribution in [0.2, 0.25) is 0 Å². The Morgan fingerprint density at radius 1 is 0.578 bits per heavy atom. The molecule has 2 heterocycles. The summed E-state index contributed by atoms with van der Waals surface area (Å²) in [6, 6.07) is 47.8. The van der Waals surface area contributed by atoms with Gasteiger partial charge in [-0.1, -0.05) is 117 Å². The van der Waals surface area contributed by atoms with E-state index >= 15 is 0 Å². The van der Waals surface area contributed by atoms with Crippen LogP contribution in [0.1, 0.15) is 25.0 Å². The van der Waals surface area contributed by atoms with Crippen molar-refractivity contribution in [2.45, 2.75) is 19.3 Å². The second-order valence-corrected chi connectivity index (χ2v) is 12.4. The summed E-state index contributed by atoms with van der Waals surface area (Å²) < 4.78 is 6.57. The van der Waals surface area contributed by atoms with Gasteiger partial charge in [-0.15, -0.1) is 0 Å². The van der Waals surface area contributed by atoms with Gasteiger partial charge >= 0.3 is 0 Å². The Kier molecular flexibility index (Phi) is 5.54. The molecule has 3 heteroatoms. The molecule has 3 nitrogen and oxygen atoms in total. The first-order valence-corrected chi connectivity index (χ1v) is 15.5. The number of fused-ring (bicyclic) bond motifs is 8. The van der Waals surface area contributed by atoms with Crippen molar-refractivity contribution in [2.75, 3.05) is 4.90 Å². The monoisotopic (exact) mass is 578 g/mol. The SMILES string of the molecule is CC1(C)c2ccccc2-c2ccc(N(c3ccc(-c4ccccc4)cc3)c3cncc4oc5c6ccccc6ccc5c34)cc21. The highest BCUT2D eigenvalue weighted by Gasteiger charge is 2.36. The molecule has 0 amide bonds. The van der Waals surface area contributed by atoms with Crippen LogP contribution in [-0.2, 0) is 5.41 Å². The van der Waals surface area contributed by atoms with Gasteiger partial charge in [0.05, 0.1) is 23.5 Å². The molecule has 0 aliphatic heterocycles. The molecular weight excluding hydrogens is 548 g/mol. The van der Waals surface area contributed by atoms with E-state index in [2.05, 4.69) is 152 Å². The van der Waals surface area contributed by atoms with E-state index in [-0.39, 0.29) is 5.41 Å². The summed E-state index contributed by atoms with van der Waals surface area (Å²) in [7, 11) is 0. The molecule has 0 bridgehead atoms. The number of benzene rings is 6. The van der Waals surface area contributed by atoms with Gasteiger partial charge in [-0.2, -0.15) is 0 Å². The van der Waals surface area contributed by atoms with E-state index in [1.54, 1.807) is 0 Å². The minimum Gasteiger partial charge on any atom is -0.454 e. The van der Waals surface area contributed by atoms with Crippen molar-refractivity contribution in [3.63, 3.8) is 0 Å². The lowest BCUT2D eigenvalue weighted by Crippen LogP contribution is -2.16. The number of hydrogen-bond donors (Lipinski definition) is 0. The van der Waals surface area contributed by atoms with E-state index < -0.39 is 0 Å². The predicted octanol–water partition coefficient (Wildman–Crippen LogP) is 11.6. The van der Waals surface area contributed by atoms with Crippen LogP contribution < -0.4 is 4.90 Å². The van der Waals surface area contributed by atoms with Crippen LogP contribution in [0.5, 0.6) is 0 Å². The summed E-state index contributed by atoms with van der Waals surface area (Å²) in [5, 5.41) is 4.40. The van der Waals surface area contributed by atoms with Gasteiger partial charge in [-0.3, -0.25) is 4.98 Å². The zero-order valence-corrected chi connectivity index (χ0v) is 25.2. The molecule has 8 aromatic rings. The van der Waals surface area contributed by atoms with Gasteiger partial charge in [0.15, 0.2) is 5.58 Å². The largest absolute Gasteiger partial charge is 0.454 e. The first-order valence-electron chi connectivity index (χ1n) is 15.5. The topological polar surface area (TPSA) is 29.3 Å². The van der Waals surface area contributed by atoms with Crippen molar-refractivity contribution < 1.29 is 4.42 Å². The molecule has 9 rings (SSSR count). The van der Waals surface area contributed by atoms with Crippen molar-refractivity contribution in [1.29, 1.82) is 0 Å². The number of anilines is 3. The van der Waals surface area contributed by atoms with E-state index in [9.17, 15) is 0 Å². The molecular formula is C42H30N2O. The molecule has 1 aliphatic rings. The highest BCUT2D eigenvalue weighted by Crippen LogP contribution is 2.51. The number of rotatable bonds is 4. The normalized spacial score (nSPS) is 13.3.